The Bertz CT molecular complexity index is 497. The second kappa shape index (κ2) is 9.49. The van der Waals surface area contributed by atoms with E-state index in [-0.39, 0.29) is 36.4 Å². The molecule has 0 amide bonds. The van der Waals surface area contributed by atoms with Gasteiger partial charge in [-0.25, -0.2) is 14.4 Å². The summed E-state index contributed by atoms with van der Waals surface area (Å²) in [5.74, 6) is -3.15. The van der Waals surface area contributed by atoms with Gasteiger partial charge in [0.05, 0.1) is 12.2 Å². The monoisotopic (exact) mass is 298 g/mol. The summed E-state index contributed by atoms with van der Waals surface area (Å²) in [5.41, 5.74) is -0.202. The number of allylic oxidation sites excluding steroid dienone is 2. The molecule has 7 nitrogen and oxygen atoms in total. The lowest BCUT2D eigenvalue weighted by molar-refractivity contribution is -0.139. The fourth-order valence-electron chi connectivity index (χ4n) is 1.07. The predicted octanol–water partition coefficient (Wildman–Crippen LogP) is 0.900. The number of aliphatic carboxylic acids is 2. The number of rotatable bonds is 8. The first-order chi connectivity index (χ1) is 9.79. The van der Waals surface area contributed by atoms with E-state index in [0.717, 1.165) is 6.08 Å². The number of hydrogen-bond donors (Lipinski definition) is 3. The second-order valence-electron chi connectivity index (χ2n) is 4.12. The second-order valence-corrected chi connectivity index (χ2v) is 4.12. The van der Waals surface area contributed by atoms with E-state index in [1.54, 1.807) is 0 Å². The maximum absolute atomic E-state index is 11.8. The number of carbonyl (C=O) groups is 3. The van der Waals surface area contributed by atoms with Gasteiger partial charge >= 0.3 is 17.9 Å². The van der Waals surface area contributed by atoms with Gasteiger partial charge in [-0.1, -0.05) is 6.08 Å². The molecule has 0 fully saturated rings. The minimum absolute atomic E-state index is 0.0166. The molecule has 0 bridgehead atoms. The SMILES string of the molecule is CC(=CC=C(C=C(C)C(=O)O)C(=O)OCCCO)C(=O)O. The number of esters is 1. The van der Waals surface area contributed by atoms with E-state index in [1.807, 2.05) is 0 Å². The summed E-state index contributed by atoms with van der Waals surface area (Å²) in [7, 11) is 0. The Morgan fingerprint density at radius 3 is 2.05 bits per heavy atom. The van der Waals surface area contributed by atoms with Crippen molar-refractivity contribution >= 4 is 17.9 Å². The van der Waals surface area contributed by atoms with Gasteiger partial charge in [0.1, 0.15) is 0 Å². The molecule has 0 aromatic heterocycles. The number of carboxylic acids is 2. The van der Waals surface area contributed by atoms with E-state index in [9.17, 15) is 14.4 Å². The minimum atomic E-state index is -1.21. The van der Waals surface area contributed by atoms with Crippen LogP contribution < -0.4 is 0 Å². The average Bonchev–Trinajstić information content (AvgIpc) is 2.42. The number of carbonyl (C=O) groups excluding carboxylic acids is 1. The first-order valence-corrected chi connectivity index (χ1v) is 6.11. The Balaban J connectivity index is 5.28. The van der Waals surface area contributed by atoms with Gasteiger partial charge in [0, 0.05) is 24.2 Å². The van der Waals surface area contributed by atoms with Gasteiger partial charge in [-0.05, 0) is 26.0 Å². The zero-order valence-electron chi connectivity index (χ0n) is 11.8. The van der Waals surface area contributed by atoms with Gasteiger partial charge in [-0.3, -0.25) is 0 Å². The van der Waals surface area contributed by atoms with Gasteiger partial charge < -0.3 is 20.1 Å². The zero-order valence-corrected chi connectivity index (χ0v) is 11.8. The van der Waals surface area contributed by atoms with E-state index in [1.165, 1.54) is 26.0 Å². The van der Waals surface area contributed by atoms with Crippen LogP contribution in [-0.4, -0.2) is 46.4 Å². The van der Waals surface area contributed by atoms with E-state index < -0.39 is 17.9 Å². The molecule has 7 heteroatoms. The minimum Gasteiger partial charge on any atom is -0.478 e. The Hall–Kier alpha value is -2.41. The summed E-state index contributed by atoms with van der Waals surface area (Å²) in [6, 6.07) is 0. The third-order valence-corrected chi connectivity index (χ3v) is 2.33. The lowest BCUT2D eigenvalue weighted by Gasteiger charge is -2.05. The maximum Gasteiger partial charge on any atom is 0.338 e. The summed E-state index contributed by atoms with van der Waals surface area (Å²) < 4.78 is 4.84. The lowest BCUT2D eigenvalue weighted by Crippen LogP contribution is -2.10. The highest BCUT2D eigenvalue weighted by atomic mass is 16.5. The highest BCUT2D eigenvalue weighted by molar-refractivity contribution is 5.96. The van der Waals surface area contributed by atoms with Crippen LogP contribution in [0.4, 0.5) is 0 Å². The fraction of sp³-hybridized carbons (Fsp3) is 0.357. The van der Waals surface area contributed by atoms with Crippen LogP contribution in [0.3, 0.4) is 0 Å². The van der Waals surface area contributed by atoms with Crippen LogP contribution in [0, 0.1) is 0 Å². The normalized spacial score (nSPS) is 13.0. The molecule has 0 aromatic rings. The molecule has 0 saturated carbocycles. The molecule has 0 aliphatic rings. The first kappa shape index (κ1) is 18.6. The number of aliphatic hydroxyl groups excluding tert-OH is 1. The van der Waals surface area contributed by atoms with Crippen molar-refractivity contribution < 1.29 is 34.4 Å². The van der Waals surface area contributed by atoms with Crippen molar-refractivity contribution in [2.24, 2.45) is 0 Å². The molecule has 0 atom stereocenters. The van der Waals surface area contributed by atoms with Crippen molar-refractivity contribution in [1.82, 2.24) is 0 Å². The van der Waals surface area contributed by atoms with E-state index >= 15 is 0 Å². The Morgan fingerprint density at radius 2 is 1.57 bits per heavy atom. The molecule has 0 rings (SSSR count). The molecular formula is C14H18O7. The van der Waals surface area contributed by atoms with Crippen molar-refractivity contribution in [3.8, 4) is 0 Å². The lowest BCUT2D eigenvalue weighted by atomic mass is 10.1. The summed E-state index contributed by atoms with van der Waals surface area (Å²) in [5, 5.41) is 26.1. The predicted molar refractivity (Wildman–Crippen MR) is 73.5 cm³/mol. The molecule has 3 N–H and O–H groups in total. The van der Waals surface area contributed by atoms with Crippen LogP contribution >= 0.6 is 0 Å². The molecule has 0 aliphatic carbocycles. The molecule has 0 radical (unpaired) electrons. The quantitative estimate of drug-likeness (QED) is 0.263. The Morgan fingerprint density at radius 1 is 1.00 bits per heavy atom. The third kappa shape index (κ3) is 7.68. The Kier molecular flexibility index (Phi) is 8.40. The van der Waals surface area contributed by atoms with Crippen LogP contribution in [0.1, 0.15) is 20.3 Å². The van der Waals surface area contributed by atoms with Gasteiger partial charge in [0.2, 0.25) is 0 Å². The molecule has 0 unspecified atom stereocenters. The van der Waals surface area contributed by atoms with E-state index in [0.29, 0.717) is 0 Å². The van der Waals surface area contributed by atoms with Gasteiger partial charge in [-0.15, -0.1) is 0 Å². The number of carboxylic acid groups (broad SMARTS) is 2. The largest absolute Gasteiger partial charge is 0.478 e. The van der Waals surface area contributed by atoms with Gasteiger partial charge in [0.25, 0.3) is 0 Å². The van der Waals surface area contributed by atoms with Crippen LogP contribution in [-0.2, 0) is 19.1 Å². The molecule has 0 heterocycles. The van der Waals surface area contributed by atoms with Crippen molar-refractivity contribution in [2.45, 2.75) is 20.3 Å². The van der Waals surface area contributed by atoms with Crippen LogP contribution in [0.2, 0.25) is 0 Å². The highest BCUT2D eigenvalue weighted by Gasteiger charge is 2.11. The van der Waals surface area contributed by atoms with Crippen molar-refractivity contribution in [3.63, 3.8) is 0 Å². The topological polar surface area (TPSA) is 121 Å². The standard InChI is InChI=1S/C14H18O7/c1-9(12(16)17)4-5-11(8-10(2)13(18)19)14(20)21-7-3-6-15/h4-5,8,15H,3,6-7H2,1-2H3,(H,16,17)(H,18,19). The van der Waals surface area contributed by atoms with Crippen molar-refractivity contribution in [3.05, 3.63) is 34.9 Å². The molecule has 0 aromatic carbocycles. The summed E-state index contributed by atoms with van der Waals surface area (Å²) in [4.78, 5) is 33.2. The first-order valence-electron chi connectivity index (χ1n) is 6.11. The zero-order chi connectivity index (χ0) is 16.4. The van der Waals surface area contributed by atoms with Crippen LogP contribution in [0.5, 0.6) is 0 Å². The van der Waals surface area contributed by atoms with E-state index in [2.05, 4.69) is 0 Å². The fourth-order valence-corrected chi connectivity index (χ4v) is 1.07. The summed E-state index contributed by atoms with van der Waals surface area (Å²) in [6.45, 7) is 2.47. The number of ether oxygens (including phenoxy) is 1. The highest BCUT2D eigenvalue weighted by Crippen LogP contribution is 2.08. The van der Waals surface area contributed by atoms with Gasteiger partial charge in [-0.2, -0.15) is 0 Å². The van der Waals surface area contributed by atoms with Crippen LogP contribution in [0.25, 0.3) is 0 Å². The number of aliphatic hydroxyl groups is 1. The van der Waals surface area contributed by atoms with Crippen molar-refractivity contribution in [2.75, 3.05) is 13.2 Å². The molecule has 0 aliphatic heterocycles. The maximum atomic E-state index is 11.8. The molecule has 0 spiro atoms. The van der Waals surface area contributed by atoms with Crippen molar-refractivity contribution in [1.29, 1.82) is 0 Å². The Labute approximate surface area is 121 Å². The molecular weight excluding hydrogens is 280 g/mol. The number of hydrogen-bond acceptors (Lipinski definition) is 5. The molecule has 116 valence electrons. The van der Waals surface area contributed by atoms with Gasteiger partial charge in [0.15, 0.2) is 0 Å². The molecule has 0 saturated heterocycles. The summed E-state index contributed by atoms with van der Waals surface area (Å²) in [6.07, 6.45) is 3.70. The smallest absolute Gasteiger partial charge is 0.338 e. The summed E-state index contributed by atoms with van der Waals surface area (Å²) >= 11 is 0. The van der Waals surface area contributed by atoms with E-state index in [4.69, 9.17) is 20.1 Å². The van der Waals surface area contributed by atoms with Crippen LogP contribution in [0.15, 0.2) is 34.9 Å². The molecule has 21 heavy (non-hydrogen) atoms. The third-order valence-electron chi connectivity index (χ3n) is 2.33. The average molecular weight is 298 g/mol.